The van der Waals surface area contributed by atoms with Crippen LogP contribution in [-0.4, -0.2) is 39.4 Å². The highest BCUT2D eigenvalue weighted by Gasteiger charge is 2.59. The van der Waals surface area contributed by atoms with E-state index in [1.54, 1.807) is 6.07 Å². The van der Waals surface area contributed by atoms with Crippen molar-refractivity contribution in [2.75, 3.05) is 18.0 Å². The lowest BCUT2D eigenvalue weighted by Crippen LogP contribution is -2.28. The Hall–Kier alpha value is -3.16. The van der Waals surface area contributed by atoms with Crippen molar-refractivity contribution in [1.82, 2.24) is 20.2 Å². The highest BCUT2D eigenvalue weighted by atomic mass is 19.1. The van der Waals surface area contributed by atoms with Crippen molar-refractivity contribution < 1.29 is 13.5 Å². The van der Waals surface area contributed by atoms with Crippen molar-refractivity contribution >= 4 is 5.95 Å². The molecule has 1 aliphatic carbocycles. The van der Waals surface area contributed by atoms with Gasteiger partial charge in [0.2, 0.25) is 5.95 Å². The maximum Gasteiger partial charge on any atom is 0.225 e. The number of nitrogens with zero attached hydrogens (tertiary/aromatic N) is 5. The Morgan fingerprint density at radius 2 is 1.69 bits per heavy atom. The third-order valence-corrected chi connectivity index (χ3v) is 5.67. The van der Waals surface area contributed by atoms with Gasteiger partial charge in [-0.25, -0.2) is 18.7 Å². The van der Waals surface area contributed by atoms with Gasteiger partial charge in [-0.3, -0.25) is 0 Å². The molecule has 1 aliphatic heterocycles. The molecule has 5 rings (SSSR count). The molecule has 29 heavy (non-hydrogen) atoms. The van der Waals surface area contributed by atoms with E-state index in [-0.39, 0.29) is 23.7 Å². The minimum Gasteiger partial charge on any atom is -0.484 e. The zero-order valence-electron chi connectivity index (χ0n) is 15.8. The molecule has 0 radical (unpaired) electrons. The van der Waals surface area contributed by atoms with Gasteiger partial charge in [-0.05, 0) is 35.7 Å². The number of hydrogen-bond donors (Lipinski definition) is 0. The molecule has 6 nitrogen and oxygen atoms in total. The van der Waals surface area contributed by atoms with E-state index in [0.717, 1.165) is 25.1 Å². The fourth-order valence-electron chi connectivity index (χ4n) is 3.94. The zero-order valence-corrected chi connectivity index (χ0v) is 15.8. The number of benzene rings is 1. The van der Waals surface area contributed by atoms with Gasteiger partial charge >= 0.3 is 0 Å². The summed E-state index contributed by atoms with van der Waals surface area (Å²) in [6, 6.07) is 4.18. The molecule has 2 aliphatic rings. The Balaban J connectivity index is 1.26. The molecule has 0 spiro atoms. The number of hydrogen-bond acceptors (Lipinski definition) is 6. The number of anilines is 1. The van der Waals surface area contributed by atoms with E-state index in [2.05, 4.69) is 32.0 Å². The van der Waals surface area contributed by atoms with Gasteiger partial charge in [0.05, 0.1) is 12.4 Å². The first-order valence-corrected chi connectivity index (χ1v) is 9.62. The van der Waals surface area contributed by atoms with Crippen LogP contribution >= 0.6 is 0 Å². The Bertz CT molecular complexity index is 996. The van der Waals surface area contributed by atoms with Gasteiger partial charge in [0.15, 0.2) is 17.4 Å². The molecular weight excluding hydrogens is 376 g/mol. The number of aromatic nitrogens is 4. The summed E-state index contributed by atoms with van der Waals surface area (Å²) >= 11 is 0. The third-order valence-electron chi connectivity index (χ3n) is 5.67. The highest BCUT2D eigenvalue weighted by molar-refractivity contribution is 5.63. The molecule has 1 aromatic carbocycles. The largest absolute Gasteiger partial charge is 0.484 e. The molecule has 1 saturated carbocycles. The molecular formula is C21H19F2N5O. The SMILES string of the molecule is CCc1cnc(N2C[C@@H]3C(Oc4c(F)cc(-c5ccnnc5)cc4F)[C@@H]3C2)nc1. The Labute approximate surface area is 166 Å². The van der Waals surface area contributed by atoms with Crippen LogP contribution in [0.2, 0.25) is 0 Å². The Morgan fingerprint density at radius 1 is 1.00 bits per heavy atom. The van der Waals surface area contributed by atoms with E-state index in [1.807, 2.05) is 12.4 Å². The Kier molecular flexibility index (Phi) is 4.34. The van der Waals surface area contributed by atoms with Crippen molar-refractivity contribution in [2.24, 2.45) is 11.8 Å². The van der Waals surface area contributed by atoms with E-state index in [4.69, 9.17) is 4.74 Å². The van der Waals surface area contributed by atoms with Crippen LogP contribution in [-0.2, 0) is 6.42 Å². The summed E-state index contributed by atoms with van der Waals surface area (Å²) < 4.78 is 34.8. The second-order valence-corrected chi connectivity index (χ2v) is 7.46. The van der Waals surface area contributed by atoms with E-state index in [9.17, 15) is 8.78 Å². The van der Waals surface area contributed by atoms with E-state index in [1.165, 1.54) is 24.5 Å². The van der Waals surface area contributed by atoms with Gasteiger partial charge in [0.25, 0.3) is 0 Å². The number of aryl methyl sites for hydroxylation is 1. The van der Waals surface area contributed by atoms with Crippen LogP contribution < -0.4 is 9.64 Å². The van der Waals surface area contributed by atoms with E-state index in [0.29, 0.717) is 17.1 Å². The average molecular weight is 395 g/mol. The van der Waals surface area contributed by atoms with Gasteiger partial charge in [-0.15, -0.1) is 0 Å². The summed E-state index contributed by atoms with van der Waals surface area (Å²) in [5, 5.41) is 7.42. The molecule has 8 heteroatoms. The summed E-state index contributed by atoms with van der Waals surface area (Å²) in [7, 11) is 0. The molecule has 2 fully saturated rings. The highest BCUT2D eigenvalue weighted by Crippen LogP contribution is 2.49. The predicted molar refractivity (Wildman–Crippen MR) is 102 cm³/mol. The number of halogens is 2. The standard InChI is InChI=1S/C21H19F2N5O/c1-2-12-7-24-21(25-8-12)28-10-15-16(11-28)19(15)29-20-17(22)5-14(6-18(20)23)13-3-4-26-27-9-13/h3-9,15-16,19H,2,10-11H2,1H3/t15-,16+,19?. The smallest absolute Gasteiger partial charge is 0.225 e. The molecule has 3 heterocycles. The molecule has 2 aromatic heterocycles. The van der Waals surface area contributed by atoms with Crippen LogP contribution in [0.3, 0.4) is 0 Å². The van der Waals surface area contributed by atoms with Crippen LogP contribution in [0.5, 0.6) is 5.75 Å². The van der Waals surface area contributed by atoms with Crippen LogP contribution in [0.1, 0.15) is 12.5 Å². The van der Waals surface area contributed by atoms with Gasteiger partial charge < -0.3 is 9.64 Å². The summed E-state index contributed by atoms with van der Waals surface area (Å²) in [6.07, 6.45) is 7.33. The third kappa shape index (κ3) is 3.28. The topological polar surface area (TPSA) is 64.0 Å². The number of piperidine rings is 1. The second-order valence-electron chi connectivity index (χ2n) is 7.46. The summed E-state index contributed by atoms with van der Waals surface area (Å²) in [4.78, 5) is 10.9. The molecule has 3 atom stereocenters. The quantitative estimate of drug-likeness (QED) is 0.661. The molecule has 1 saturated heterocycles. The molecule has 1 unspecified atom stereocenters. The molecule has 0 amide bonds. The lowest BCUT2D eigenvalue weighted by Gasteiger charge is -2.20. The molecule has 0 bridgehead atoms. The van der Waals surface area contributed by atoms with Crippen molar-refractivity contribution in [2.45, 2.75) is 19.4 Å². The van der Waals surface area contributed by atoms with E-state index >= 15 is 0 Å². The predicted octanol–water partition coefficient (Wildman–Crippen LogP) is 3.29. The second kappa shape index (κ2) is 7.02. The lowest BCUT2D eigenvalue weighted by atomic mass is 10.1. The fourth-order valence-corrected chi connectivity index (χ4v) is 3.94. The first-order chi connectivity index (χ1) is 14.1. The fraction of sp³-hybridized carbons (Fsp3) is 0.333. The first-order valence-electron chi connectivity index (χ1n) is 9.62. The maximum atomic E-state index is 14.5. The molecule has 0 N–H and O–H groups in total. The minimum absolute atomic E-state index is 0.182. The zero-order chi connectivity index (χ0) is 20.0. The summed E-state index contributed by atoms with van der Waals surface area (Å²) in [6.45, 7) is 3.51. The van der Waals surface area contributed by atoms with Crippen LogP contribution in [0.15, 0.2) is 43.0 Å². The van der Waals surface area contributed by atoms with E-state index < -0.39 is 11.6 Å². The van der Waals surface area contributed by atoms with Crippen LogP contribution in [0, 0.1) is 23.5 Å². The van der Waals surface area contributed by atoms with Gasteiger partial charge in [0.1, 0.15) is 6.10 Å². The van der Waals surface area contributed by atoms with Crippen LogP contribution in [0.4, 0.5) is 14.7 Å². The number of ether oxygens (including phenoxy) is 1. The van der Waals surface area contributed by atoms with Crippen molar-refractivity contribution in [1.29, 1.82) is 0 Å². The van der Waals surface area contributed by atoms with Crippen molar-refractivity contribution in [3.05, 3.63) is 60.2 Å². The molecule has 3 aromatic rings. The minimum atomic E-state index is -0.711. The van der Waals surface area contributed by atoms with Gasteiger partial charge in [0, 0.05) is 42.9 Å². The van der Waals surface area contributed by atoms with Gasteiger partial charge in [-0.2, -0.15) is 10.2 Å². The Morgan fingerprint density at radius 3 is 2.28 bits per heavy atom. The summed E-state index contributed by atoms with van der Waals surface area (Å²) in [5.41, 5.74) is 2.09. The normalized spacial score (nSPS) is 22.4. The maximum absolute atomic E-state index is 14.5. The molecule has 148 valence electrons. The summed E-state index contributed by atoms with van der Waals surface area (Å²) in [5.74, 6) is -0.583. The van der Waals surface area contributed by atoms with Gasteiger partial charge in [-0.1, -0.05) is 6.92 Å². The van der Waals surface area contributed by atoms with Crippen molar-refractivity contribution in [3.63, 3.8) is 0 Å². The first kappa shape index (κ1) is 17.9. The lowest BCUT2D eigenvalue weighted by molar-refractivity contribution is 0.241. The number of fused-ring (bicyclic) bond motifs is 1. The average Bonchev–Trinajstić information content (AvgIpc) is 3.18. The number of rotatable bonds is 5. The monoisotopic (exact) mass is 395 g/mol. The van der Waals surface area contributed by atoms with Crippen molar-refractivity contribution in [3.8, 4) is 16.9 Å². The van der Waals surface area contributed by atoms with Crippen LogP contribution in [0.25, 0.3) is 11.1 Å².